The minimum Gasteiger partial charge on any atom is -0.345 e. The van der Waals surface area contributed by atoms with E-state index in [1.54, 1.807) is 18.2 Å². The molecule has 0 aromatic heterocycles. The van der Waals surface area contributed by atoms with Crippen LogP contribution < -0.4 is 5.32 Å². The van der Waals surface area contributed by atoms with E-state index in [0.29, 0.717) is 15.6 Å². The molecule has 1 unspecified atom stereocenters. The quantitative estimate of drug-likeness (QED) is 0.723. The summed E-state index contributed by atoms with van der Waals surface area (Å²) in [4.78, 5) is 12.3. The molecule has 110 valence electrons. The standard InChI is InChI=1S/C16H14BrCl2NO/c1-2-15(10-3-5-13(18)6-4-10)20-16(21)11-7-12(17)9-14(19)8-11/h3-9,15H,2H2,1H3,(H,20,21). The topological polar surface area (TPSA) is 29.1 Å². The van der Waals surface area contributed by atoms with Gasteiger partial charge in [-0.3, -0.25) is 4.79 Å². The Labute approximate surface area is 142 Å². The van der Waals surface area contributed by atoms with Crippen molar-refractivity contribution in [3.63, 3.8) is 0 Å². The van der Waals surface area contributed by atoms with Crippen LogP contribution in [0.1, 0.15) is 35.3 Å². The van der Waals surface area contributed by atoms with Gasteiger partial charge >= 0.3 is 0 Å². The SMILES string of the molecule is CCC(NC(=O)c1cc(Cl)cc(Br)c1)c1ccc(Cl)cc1. The fraction of sp³-hybridized carbons (Fsp3) is 0.188. The molecule has 5 heteroatoms. The van der Waals surface area contributed by atoms with Gasteiger partial charge in [0.05, 0.1) is 6.04 Å². The van der Waals surface area contributed by atoms with E-state index in [1.165, 1.54) is 0 Å². The van der Waals surface area contributed by atoms with Crippen LogP contribution in [0.25, 0.3) is 0 Å². The molecule has 21 heavy (non-hydrogen) atoms. The van der Waals surface area contributed by atoms with Crippen LogP contribution in [-0.2, 0) is 0 Å². The highest BCUT2D eigenvalue weighted by Crippen LogP contribution is 2.22. The van der Waals surface area contributed by atoms with Crippen LogP contribution in [0.15, 0.2) is 46.9 Å². The van der Waals surface area contributed by atoms with Crippen molar-refractivity contribution < 1.29 is 4.79 Å². The lowest BCUT2D eigenvalue weighted by Crippen LogP contribution is -2.28. The molecule has 0 bridgehead atoms. The molecule has 0 fully saturated rings. The molecule has 0 aliphatic rings. The molecule has 0 saturated heterocycles. The van der Waals surface area contributed by atoms with Gasteiger partial charge in [-0.1, -0.05) is 58.2 Å². The summed E-state index contributed by atoms with van der Waals surface area (Å²) in [7, 11) is 0. The van der Waals surface area contributed by atoms with Crippen LogP contribution in [0.3, 0.4) is 0 Å². The second kappa shape index (κ2) is 7.30. The first kappa shape index (κ1) is 16.3. The van der Waals surface area contributed by atoms with Crippen LogP contribution >= 0.6 is 39.1 Å². The van der Waals surface area contributed by atoms with Gasteiger partial charge in [0.2, 0.25) is 0 Å². The van der Waals surface area contributed by atoms with Crippen molar-refractivity contribution in [3.8, 4) is 0 Å². The van der Waals surface area contributed by atoms with Crippen molar-refractivity contribution in [2.24, 2.45) is 0 Å². The molecule has 2 aromatic carbocycles. The van der Waals surface area contributed by atoms with Gasteiger partial charge in [-0.05, 0) is 42.3 Å². The van der Waals surface area contributed by atoms with Gasteiger partial charge in [-0.25, -0.2) is 0 Å². The predicted octanol–water partition coefficient (Wildman–Crippen LogP) is 5.64. The zero-order chi connectivity index (χ0) is 15.4. The van der Waals surface area contributed by atoms with E-state index in [9.17, 15) is 4.79 Å². The Morgan fingerprint density at radius 1 is 1.14 bits per heavy atom. The van der Waals surface area contributed by atoms with Gasteiger partial charge in [0.25, 0.3) is 5.91 Å². The molecule has 1 amide bonds. The monoisotopic (exact) mass is 385 g/mol. The number of carbonyl (C=O) groups excluding carboxylic acids is 1. The van der Waals surface area contributed by atoms with E-state index in [1.807, 2.05) is 31.2 Å². The van der Waals surface area contributed by atoms with E-state index in [4.69, 9.17) is 23.2 Å². The smallest absolute Gasteiger partial charge is 0.251 e. The summed E-state index contributed by atoms with van der Waals surface area (Å²) >= 11 is 15.2. The maximum absolute atomic E-state index is 12.3. The second-order valence-electron chi connectivity index (χ2n) is 4.64. The van der Waals surface area contributed by atoms with Gasteiger partial charge in [0.15, 0.2) is 0 Å². The molecule has 1 atom stereocenters. The van der Waals surface area contributed by atoms with Crippen LogP contribution in [0, 0.1) is 0 Å². The van der Waals surface area contributed by atoms with Crippen molar-refractivity contribution in [1.29, 1.82) is 0 Å². The summed E-state index contributed by atoms with van der Waals surface area (Å²) in [5.74, 6) is -0.153. The highest BCUT2D eigenvalue weighted by molar-refractivity contribution is 9.10. The van der Waals surface area contributed by atoms with Crippen molar-refractivity contribution >= 4 is 45.0 Å². The van der Waals surface area contributed by atoms with Crippen molar-refractivity contribution in [3.05, 3.63) is 68.1 Å². The molecule has 2 rings (SSSR count). The summed E-state index contributed by atoms with van der Waals surface area (Å²) in [5, 5.41) is 4.21. The van der Waals surface area contributed by atoms with Gasteiger partial charge in [0.1, 0.15) is 0 Å². The second-order valence-corrected chi connectivity index (χ2v) is 6.43. The zero-order valence-corrected chi connectivity index (χ0v) is 14.5. The van der Waals surface area contributed by atoms with E-state index in [0.717, 1.165) is 16.5 Å². The molecule has 0 aliphatic carbocycles. The maximum atomic E-state index is 12.3. The fourth-order valence-corrected chi connectivity index (χ4v) is 3.03. The summed E-state index contributed by atoms with van der Waals surface area (Å²) in [5.41, 5.74) is 1.55. The molecular formula is C16H14BrCl2NO. The number of halogens is 3. The molecule has 0 aliphatic heterocycles. The average molecular weight is 387 g/mol. The number of carbonyl (C=O) groups is 1. The number of benzene rings is 2. The van der Waals surface area contributed by atoms with Crippen LogP contribution in [0.2, 0.25) is 10.0 Å². The van der Waals surface area contributed by atoms with Crippen molar-refractivity contribution in [2.45, 2.75) is 19.4 Å². The molecule has 1 N–H and O–H groups in total. The molecule has 0 saturated carbocycles. The normalized spacial score (nSPS) is 12.0. The fourth-order valence-electron chi connectivity index (χ4n) is 2.04. The number of rotatable bonds is 4. The van der Waals surface area contributed by atoms with Crippen LogP contribution in [0.5, 0.6) is 0 Å². The maximum Gasteiger partial charge on any atom is 0.251 e. The van der Waals surface area contributed by atoms with Crippen molar-refractivity contribution in [1.82, 2.24) is 5.32 Å². The van der Waals surface area contributed by atoms with Crippen LogP contribution in [0.4, 0.5) is 0 Å². The predicted molar refractivity (Wildman–Crippen MR) is 91.1 cm³/mol. The first-order chi connectivity index (χ1) is 9.99. The third kappa shape index (κ3) is 4.47. The first-order valence-corrected chi connectivity index (χ1v) is 8.07. The van der Waals surface area contributed by atoms with Crippen LogP contribution in [-0.4, -0.2) is 5.91 Å². The van der Waals surface area contributed by atoms with Gasteiger partial charge in [0, 0.05) is 20.1 Å². The Morgan fingerprint density at radius 3 is 2.38 bits per heavy atom. The minimum absolute atomic E-state index is 0.0625. The van der Waals surface area contributed by atoms with Gasteiger partial charge in [-0.2, -0.15) is 0 Å². The number of nitrogens with one attached hydrogen (secondary N) is 1. The summed E-state index contributed by atoms with van der Waals surface area (Å²) in [6.07, 6.45) is 0.787. The molecule has 0 spiro atoms. The van der Waals surface area contributed by atoms with Crippen molar-refractivity contribution in [2.75, 3.05) is 0 Å². The third-order valence-electron chi connectivity index (χ3n) is 3.11. The summed E-state index contributed by atoms with van der Waals surface area (Å²) in [6, 6.07) is 12.6. The lowest BCUT2D eigenvalue weighted by molar-refractivity contribution is 0.0935. The lowest BCUT2D eigenvalue weighted by atomic mass is 10.0. The number of hydrogen-bond donors (Lipinski definition) is 1. The highest BCUT2D eigenvalue weighted by atomic mass is 79.9. The number of hydrogen-bond acceptors (Lipinski definition) is 1. The van der Waals surface area contributed by atoms with E-state index >= 15 is 0 Å². The molecule has 2 nitrogen and oxygen atoms in total. The van der Waals surface area contributed by atoms with E-state index in [2.05, 4.69) is 21.2 Å². The molecule has 0 heterocycles. The Hall–Kier alpha value is -1.03. The first-order valence-electron chi connectivity index (χ1n) is 6.52. The number of amides is 1. The Kier molecular flexibility index (Phi) is 5.68. The lowest BCUT2D eigenvalue weighted by Gasteiger charge is -2.18. The average Bonchev–Trinajstić information content (AvgIpc) is 2.44. The Balaban J connectivity index is 2.18. The summed E-state index contributed by atoms with van der Waals surface area (Å²) < 4.78 is 0.777. The zero-order valence-electron chi connectivity index (χ0n) is 11.4. The third-order valence-corrected chi connectivity index (χ3v) is 4.04. The minimum atomic E-state index is -0.153. The summed E-state index contributed by atoms with van der Waals surface area (Å²) in [6.45, 7) is 2.02. The highest BCUT2D eigenvalue weighted by Gasteiger charge is 2.15. The van der Waals surface area contributed by atoms with E-state index < -0.39 is 0 Å². The van der Waals surface area contributed by atoms with Gasteiger partial charge < -0.3 is 5.32 Å². The largest absolute Gasteiger partial charge is 0.345 e. The van der Waals surface area contributed by atoms with Gasteiger partial charge in [-0.15, -0.1) is 0 Å². The Morgan fingerprint density at radius 2 is 1.81 bits per heavy atom. The molecule has 2 aromatic rings. The Bertz CT molecular complexity index is 623. The van der Waals surface area contributed by atoms with E-state index in [-0.39, 0.29) is 11.9 Å². The molecule has 0 radical (unpaired) electrons. The molecular weight excluding hydrogens is 373 g/mol.